The molecule has 0 unspecified atom stereocenters. The molecule has 0 spiro atoms. The maximum atomic E-state index is 11.9. The van der Waals surface area contributed by atoms with Crippen LogP contribution in [0.2, 0.25) is 0 Å². The van der Waals surface area contributed by atoms with E-state index in [4.69, 9.17) is 0 Å². The molecule has 1 aliphatic heterocycles. The third-order valence-electron chi connectivity index (χ3n) is 3.26. The summed E-state index contributed by atoms with van der Waals surface area (Å²) in [6.45, 7) is 8.15. The lowest BCUT2D eigenvalue weighted by Gasteiger charge is -2.25. The van der Waals surface area contributed by atoms with E-state index in [0.29, 0.717) is 4.90 Å². The topological polar surface area (TPSA) is 61.8 Å². The van der Waals surface area contributed by atoms with E-state index in [1.165, 1.54) is 6.34 Å². The minimum atomic E-state index is -3.51. The number of nitrogens with one attached hydrogen (secondary N) is 1. The van der Waals surface area contributed by atoms with Gasteiger partial charge in [-0.3, -0.25) is 0 Å². The standard InChI is InChI=1S/C15H23N3O2S/c1-15(2,3)16-10-6-7-11-18-12-17-21(19,20)14-9-5-4-8-13(14)18/h4-5,8-9,12,16H,6-7,10-11H2,1-3H3. The summed E-state index contributed by atoms with van der Waals surface area (Å²) in [5.74, 6) is 0. The molecular weight excluding hydrogens is 286 g/mol. The molecule has 6 heteroatoms. The predicted octanol–water partition coefficient (Wildman–Crippen LogP) is 2.39. The Balaban J connectivity index is 1.94. The van der Waals surface area contributed by atoms with Gasteiger partial charge in [0.05, 0.1) is 5.69 Å². The lowest BCUT2D eigenvalue weighted by atomic mass is 10.1. The van der Waals surface area contributed by atoms with E-state index >= 15 is 0 Å². The largest absolute Gasteiger partial charge is 0.331 e. The van der Waals surface area contributed by atoms with Gasteiger partial charge in [-0.05, 0) is 52.3 Å². The van der Waals surface area contributed by atoms with Gasteiger partial charge >= 0.3 is 0 Å². The number of unbranched alkanes of at least 4 members (excludes halogenated alkanes) is 1. The Morgan fingerprint density at radius 2 is 1.90 bits per heavy atom. The molecule has 0 saturated carbocycles. The van der Waals surface area contributed by atoms with Crippen molar-refractivity contribution < 1.29 is 8.42 Å². The molecule has 5 nitrogen and oxygen atoms in total. The zero-order valence-corrected chi connectivity index (χ0v) is 13.7. The smallest absolute Gasteiger partial charge is 0.285 e. The third kappa shape index (κ3) is 4.28. The van der Waals surface area contributed by atoms with Crippen LogP contribution in [0.25, 0.3) is 0 Å². The molecule has 1 aromatic carbocycles. The molecule has 0 aromatic heterocycles. The second-order valence-corrected chi connectivity index (χ2v) is 7.84. The second kappa shape index (κ2) is 6.15. The average molecular weight is 309 g/mol. The number of benzene rings is 1. The van der Waals surface area contributed by atoms with Crippen molar-refractivity contribution >= 4 is 22.0 Å². The van der Waals surface area contributed by atoms with Crippen molar-refractivity contribution in [3.8, 4) is 0 Å². The minimum Gasteiger partial charge on any atom is -0.331 e. The van der Waals surface area contributed by atoms with Crippen LogP contribution in [0.4, 0.5) is 5.69 Å². The van der Waals surface area contributed by atoms with Crippen LogP contribution in [0.3, 0.4) is 0 Å². The molecule has 0 radical (unpaired) electrons. The van der Waals surface area contributed by atoms with E-state index in [9.17, 15) is 8.42 Å². The number of rotatable bonds is 5. The van der Waals surface area contributed by atoms with Gasteiger partial charge in [0.15, 0.2) is 0 Å². The maximum absolute atomic E-state index is 11.9. The highest BCUT2D eigenvalue weighted by Crippen LogP contribution is 2.29. The summed E-state index contributed by atoms with van der Waals surface area (Å²) in [4.78, 5) is 2.20. The number of para-hydroxylation sites is 1. The molecular formula is C15H23N3O2S. The summed E-state index contributed by atoms with van der Waals surface area (Å²) < 4.78 is 27.4. The molecule has 0 aliphatic carbocycles. The van der Waals surface area contributed by atoms with Gasteiger partial charge in [-0.15, -0.1) is 4.40 Å². The number of anilines is 1. The van der Waals surface area contributed by atoms with Gasteiger partial charge in [0, 0.05) is 12.1 Å². The summed E-state index contributed by atoms with van der Waals surface area (Å²) in [5, 5.41) is 3.44. The minimum absolute atomic E-state index is 0.132. The van der Waals surface area contributed by atoms with Gasteiger partial charge in [-0.1, -0.05) is 12.1 Å². The second-order valence-electron chi connectivity index (χ2n) is 6.24. The Labute approximate surface area is 127 Å². The van der Waals surface area contributed by atoms with Crippen LogP contribution in [-0.2, 0) is 10.0 Å². The molecule has 0 bridgehead atoms. The zero-order valence-electron chi connectivity index (χ0n) is 12.8. The van der Waals surface area contributed by atoms with Crippen molar-refractivity contribution in [2.24, 2.45) is 4.40 Å². The van der Waals surface area contributed by atoms with E-state index in [1.54, 1.807) is 12.1 Å². The normalized spacial score (nSPS) is 16.8. The molecule has 0 atom stereocenters. The van der Waals surface area contributed by atoms with Crippen LogP contribution in [0.15, 0.2) is 33.6 Å². The van der Waals surface area contributed by atoms with Crippen molar-refractivity contribution in [3.63, 3.8) is 0 Å². The van der Waals surface area contributed by atoms with Crippen molar-refractivity contribution in [2.75, 3.05) is 18.0 Å². The number of sulfonamides is 1. The van der Waals surface area contributed by atoms with E-state index in [2.05, 4.69) is 30.5 Å². The highest BCUT2D eigenvalue weighted by molar-refractivity contribution is 7.90. The van der Waals surface area contributed by atoms with Crippen molar-refractivity contribution in [1.29, 1.82) is 0 Å². The lowest BCUT2D eigenvalue weighted by molar-refractivity contribution is 0.419. The molecule has 1 N–H and O–H groups in total. The quantitative estimate of drug-likeness (QED) is 0.848. The Bertz CT molecular complexity index is 618. The fourth-order valence-electron chi connectivity index (χ4n) is 2.20. The molecule has 1 heterocycles. The van der Waals surface area contributed by atoms with Crippen molar-refractivity contribution in [2.45, 2.75) is 44.0 Å². The van der Waals surface area contributed by atoms with Gasteiger partial charge in [-0.2, -0.15) is 8.42 Å². The van der Waals surface area contributed by atoms with Crippen LogP contribution in [0.5, 0.6) is 0 Å². The fraction of sp³-hybridized carbons (Fsp3) is 0.533. The number of fused-ring (bicyclic) bond motifs is 1. The SMILES string of the molecule is CC(C)(C)NCCCCN1C=NS(=O)(=O)c2ccccc21. The summed E-state index contributed by atoms with van der Waals surface area (Å²) in [6.07, 6.45) is 3.44. The number of hydrogen-bond acceptors (Lipinski definition) is 4. The highest BCUT2D eigenvalue weighted by atomic mass is 32.2. The Kier molecular flexibility index (Phi) is 4.68. The molecule has 2 rings (SSSR count). The van der Waals surface area contributed by atoms with Gasteiger partial charge in [0.1, 0.15) is 11.2 Å². The van der Waals surface area contributed by atoms with E-state index in [0.717, 1.165) is 31.6 Å². The fourth-order valence-corrected chi connectivity index (χ4v) is 3.25. The van der Waals surface area contributed by atoms with Crippen LogP contribution >= 0.6 is 0 Å². The summed E-state index contributed by atoms with van der Waals surface area (Å²) in [7, 11) is -3.51. The predicted molar refractivity (Wildman–Crippen MR) is 86.5 cm³/mol. The molecule has 0 amide bonds. The zero-order chi connectivity index (χ0) is 15.5. The van der Waals surface area contributed by atoms with Gasteiger partial charge < -0.3 is 10.2 Å². The van der Waals surface area contributed by atoms with E-state index in [1.807, 2.05) is 17.0 Å². The average Bonchev–Trinajstić information content (AvgIpc) is 2.40. The van der Waals surface area contributed by atoms with Crippen molar-refractivity contribution in [1.82, 2.24) is 5.32 Å². The van der Waals surface area contributed by atoms with E-state index < -0.39 is 10.0 Å². The molecule has 1 aliphatic rings. The molecule has 116 valence electrons. The number of nitrogens with zero attached hydrogens (tertiary/aromatic N) is 2. The summed E-state index contributed by atoms with van der Waals surface area (Å²) in [6, 6.07) is 7.01. The summed E-state index contributed by atoms with van der Waals surface area (Å²) in [5.41, 5.74) is 0.851. The van der Waals surface area contributed by atoms with E-state index in [-0.39, 0.29) is 5.54 Å². The van der Waals surface area contributed by atoms with Crippen LogP contribution in [0, 0.1) is 0 Å². The first-order chi connectivity index (χ1) is 9.80. The monoisotopic (exact) mass is 309 g/mol. The summed E-state index contributed by atoms with van der Waals surface area (Å²) >= 11 is 0. The first kappa shape index (κ1) is 16.0. The Morgan fingerprint density at radius 3 is 2.62 bits per heavy atom. The Hall–Kier alpha value is -1.40. The first-order valence-electron chi connectivity index (χ1n) is 7.21. The molecule has 0 saturated heterocycles. The van der Waals surface area contributed by atoms with Gasteiger partial charge in [-0.25, -0.2) is 0 Å². The maximum Gasteiger partial charge on any atom is 0.285 e. The first-order valence-corrected chi connectivity index (χ1v) is 8.65. The third-order valence-corrected chi connectivity index (χ3v) is 4.53. The number of hydrogen-bond donors (Lipinski definition) is 1. The molecule has 21 heavy (non-hydrogen) atoms. The lowest BCUT2D eigenvalue weighted by Crippen LogP contribution is -2.36. The van der Waals surface area contributed by atoms with Crippen molar-refractivity contribution in [3.05, 3.63) is 24.3 Å². The Morgan fingerprint density at radius 1 is 1.19 bits per heavy atom. The van der Waals surface area contributed by atoms with Crippen LogP contribution in [0.1, 0.15) is 33.6 Å². The molecule has 0 fully saturated rings. The van der Waals surface area contributed by atoms with Crippen LogP contribution in [-0.4, -0.2) is 33.4 Å². The van der Waals surface area contributed by atoms with Crippen LogP contribution < -0.4 is 10.2 Å². The van der Waals surface area contributed by atoms with Gasteiger partial charge in [0.2, 0.25) is 0 Å². The molecule has 1 aromatic rings. The van der Waals surface area contributed by atoms with Gasteiger partial charge in [0.25, 0.3) is 10.0 Å². The highest BCUT2D eigenvalue weighted by Gasteiger charge is 2.24.